The standard InChI is InChI=1S/C13H16N4O/c1-7-8(2)18-11-9(7)10-15-12(13(3,4)5)16-17(10)6-14-11/h6H,1-5H3. The van der Waals surface area contributed by atoms with Gasteiger partial charge in [0, 0.05) is 11.0 Å². The lowest BCUT2D eigenvalue weighted by atomic mass is 9.96. The molecule has 0 saturated heterocycles. The fraction of sp³-hybridized carbons (Fsp3) is 0.462. The summed E-state index contributed by atoms with van der Waals surface area (Å²) in [4.78, 5) is 8.92. The number of nitrogens with zero attached hydrogens (tertiary/aromatic N) is 4. The summed E-state index contributed by atoms with van der Waals surface area (Å²) in [6.07, 6.45) is 1.66. The van der Waals surface area contributed by atoms with Gasteiger partial charge in [-0.25, -0.2) is 14.5 Å². The minimum Gasteiger partial charge on any atom is -0.443 e. The first-order valence-electron chi connectivity index (χ1n) is 5.99. The lowest BCUT2D eigenvalue weighted by Crippen LogP contribution is -2.13. The van der Waals surface area contributed by atoms with Crippen molar-refractivity contribution in [1.29, 1.82) is 0 Å². The van der Waals surface area contributed by atoms with Crippen LogP contribution >= 0.6 is 0 Å². The van der Waals surface area contributed by atoms with Crippen molar-refractivity contribution in [2.24, 2.45) is 0 Å². The van der Waals surface area contributed by atoms with Gasteiger partial charge in [-0.05, 0) is 13.8 Å². The maximum atomic E-state index is 5.61. The summed E-state index contributed by atoms with van der Waals surface area (Å²) in [7, 11) is 0. The Hall–Kier alpha value is -1.91. The third kappa shape index (κ3) is 1.43. The van der Waals surface area contributed by atoms with Crippen molar-refractivity contribution in [2.75, 3.05) is 0 Å². The molecule has 5 nitrogen and oxygen atoms in total. The van der Waals surface area contributed by atoms with Crippen LogP contribution in [0.5, 0.6) is 0 Å². The molecule has 0 amide bonds. The van der Waals surface area contributed by atoms with Crippen LogP contribution in [0.15, 0.2) is 10.7 Å². The molecule has 0 unspecified atom stereocenters. The molecule has 0 saturated carbocycles. The number of hydrogen-bond donors (Lipinski definition) is 0. The normalized spacial score (nSPS) is 12.7. The molecule has 0 aliphatic rings. The third-order valence-electron chi connectivity index (χ3n) is 3.18. The van der Waals surface area contributed by atoms with Crippen LogP contribution in [0.1, 0.15) is 37.9 Å². The Morgan fingerprint density at radius 2 is 1.94 bits per heavy atom. The van der Waals surface area contributed by atoms with Crippen molar-refractivity contribution in [2.45, 2.75) is 40.0 Å². The molecule has 0 bridgehead atoms. The first kappa shape index (κ1) is 11.2. The summed E-state index contributed by atoms with van der Waals surface area (Å²) in [5, 5.41) is 5.44. The smallest absolute Gasteiger partial charge is 0.231 e. The zero-order valence-corrected chi connectivity index (χ0v) is 11.3. The second-order valence-corrected chi connectivity index (χ2v) is 5.66. The molecule has 5 heteroatoms. The molecule has 3 heterocycles. The molecule has 3 aromatic rings. The first-order chi connectivity index (χ1) is 8.38. The van der Waals surface area contributed by atoms with E-state index in [9.17, 15) is 0 Å². The van der Waals surface area contributed by atoms with Gasteiger partial charge in [-0.1, -0.05) is 20.8 Å². The van der Waals surface area contributed by atoms with E-state index in [-0.39, 0.29) is 5.41 Å². The summed E-state index contributed by atoms with van der Waals surface area (Å²) in [6.45, 7) is 10.3. The molecule has 0 radical (unpaired) electrons. The van der Waals surface area contributed by atoms with Gasteiger partial charge >= 0.3 is 0 Å². The van der Waals surface area contributed by atoms with E-state index in [4.69, 9.17) is 4.42 Å². The second kappa shape index (κ2) is 3.31. The number of fused-ring (bicyclic) bond motifs is 3. The summed E-state index contributed by atoms with van der Waals surface area (Å²) >= 11 is 0. The fourth-order valence-electron chi connectivity index (χ4n) is 1.96. The summed E-state index contributed by atoms with van der Waals surface area (Å²) < 4.78 is 7.34. The minimum atomic E-state index is -0.0783. The summed E-state index contributed by atoms with van der Waals surface area (Å²) in [6, 6.07) is 0. The molecule has 94 valence electrons. The SMILES string of the molecule is Cc1oc2ncn3nc(C(C)(C)C)nc3c2c1C. The first-order valence-corrected chi connectivity index (χ1v) is 5.99. The quantitative estimate of drug-likeness (QED) is 0.610. The molecule has 0 fully saturated rings. The molecule has 0 N–H and O–H groups in total. The molecule has 0 atom stereocenters. The van der Waals surface area contributed by atoms with Gasteiger partial charge in [0.05, 0.1) is 5.39 Å². The number of rotatable bonds is 0. The lowest BCUT2D eigenvalue weighted by molar-refractivity contribution is 0.544. The van der Waals surface area contributed by atoms with Crippen LogP contribution < -0.4 is 0 Å². The minimum absolute atomic E-state index is 0.0783. The molecular formula is C13H16N4O. The average Bonchev–Trinajstić information content (AvgIpc) is 2.80. The predicted molar refractivity (Wildman–Crippen MR) is 68.7 cm³/mol. The average molecular weight is 244 g/mol. The Labute approximate surface area is 105 Å². The molecule has 3 rings (SSSR count). The molecule has 18 heavy (non-hydrogen) atoms. The molecule has 0 aliphatic carbocycles. The molecule has 0 aromatic carbocycles. The van der Waals surface area contributed by atoms with Gasteiger partial charge in [0.25, 0.3) is 0 Å². The summed E-state index contributed by atoms with van der Waals surface area (Å²) in [5.74, 6) is 1.70. The van der Waals surface area contributed by atoms with Gasteiger partial charge in [-0.2, -0.15) is 0 Å². The zero-order valence-electron chi connectivity index (χ0n) is 11.3. The van der Waals surface area contributed by atoms with E-state index in [0.717, 1.165) is 28.2 Å². The number of furan rings is 1. The Balaban J connectivity index is 2.43. The predicted octanol–water partition coefficient (Wildman–Crippen LogP) is 2.78. The van der Waals surface area contributed by atoms with Crippen LogP contribution in [0.25, 0.3) is 16.7 Å². The van der Waals surface area contributed by atoms with Crippen LogP contribution in [-0.4, -0.2) is 19.6 Å². The Morgan fingerprint density at radius 3 is 2.61 bits per heavy atom. The van der Waals surface area contributed by atoms with E-state index >= 15 is 0 Å². The van der Waals surface area contributed by atoms with Gasteiger partial charge in [0.2, 0.25) is 5.71 Å². The van der Waals surface area contributed by atoms with Gasteiger partial charge in [-0.15, -0.1) is 5.10 Å². The monoisotopic (exact) mass is 244 g/mol. The number of hydrogen-bond acceptors (Lipinski definition) is 4. The fourth-order valence-corrected chi connectivity index (χ4v) is 1.96. The van der Waals surface area contributed by atoms with Crippen molar-refractivity contribution >= 4 is 16.7 Å². The molecule has 0 spiro atoms. The van der Waals surface area contributed by atoms with E-state index in [1.165, 1.54) is 0 Å². The maximum Gasteiger partial charge on any atom is 0.231 e. The highest BCUT2D eigenvalue weighted by Crippen LogP contribution is 2.27. The van der Waals surface area contributed by atoms with Crippen LogP contribution in [0.3, 0.4) is 0 Å². The Kier molecular flexibility index (Phi) is 2.06. The van der Waals surface area contributed by atoms with Crippen molar-refractivity contribution in [3.8, 4) is 0 Å². The summed E-state index contributed by atoms with van der Waals surface area (Å²) in [5.41, 5.74) is 2.45. The van der Waals surface area contributed by atoms with Gasteiger partial charge in [0.15, 0.2) is 11.5 Å². The van der Waals surface area contributed by atoms with Gasteiger partial charge in [-0.3, -0.25) is 0 Å². The number of aromatic nitrogens is 4. The maximum absolute atomic E-state index is 5.61. The topological polar surface area (TPSA) is 56.2 Å². The van der Waals surface area contributed by atoms with Crippen LogP contribution in [0, 0.1) is 13.8 Å². The lowest BCUT2D eigenvalue weighted by Gasteiger charge is -2.11. The molecule has 3 aromatic heterocycles. The van der Waals surface area contributed by atoms with Crippen molar-refractivity contribution in [3.63, 3.8) is 0 Å². The van der Waals surface area contributed by atoms with E-state index < -0.39 is 0 Å². The van der Waals surface area contributed by atoms with Crippen LogP contribution in [-0.2, 0) is 5.41 Å². The van der Waals surface area contributed by atoms with Crippen LogP contribution in [0.2, 0.25) is 0 Å². The van der Waals surface area contributed by atoms with E-state index in [2.05, 4.69) is 35.8 Å². The van der Waals surface area contributed by atoms with Crippen molar-refractivity contribution in [1.82, 2.24) is 19.6 Å². The highest BCUT2D eigenvalue weighted by molar-refractivity contribution is 5.91. The number of aryl methyl sites for hydroxylation is 2. The largest absolute Gasteiger partial charge is 0.443 e. The Bertz CT molecular complexity index is 746. The zero-order chi connectivity index (χ0) is 13.1. The highest BCUT2D eigenvalue weighted by atomic mass is 16.3. The highest BCUT2D eigenvalue weighted by Gasteiger charge is 2.22. The van der Waals surface area contributed by atoms with E-state index in [0.29, 0.717) is 5.71 Å². The van der Waals surface area contributed by atoms with E-state index in [1.54, 1.807) is 10.8 Å². The van der Waals surface area contributed by atoms with Crippen molar-refractivity contribution in [3.05, 3.63) is 23.5 Å². The van der Waals surface area contributed by atoms with E-state index in [1.807, 2.05) is 13.8 Å². The Morgan fingerprint density at radius 1 is 1.22 bits per heavy atom. The molecular weight excluding hydrogens is 228 g/mol. The molecule has 0 aliphatic heterocycles. The third-order valence-corrected chi connectivity index (χ3v) is 3.18. The van der Waals surface area contributed by atoms with Gasteiger partial charge < -0.3 is 4.42 Å². The van der Waals surface area contributed by atoms with Crippen LogP contribution in [0.4, 0.5) is 0 Å². The van der Waals surface area contributed by atoms with Gasteiger partial charge in [0.1, 0.15) is 12.1 Å². The van der Waals surface area contributed by atoms with Crippen molar-refractivity contribution < 1.29 is 4.42 Å². The second-order valence-electron chi connectivity index (χ2n) is 5.66.